The quantitative estimate of drug-likeness (QED) is 0.0585. The Labute approximate surface area is 300 Å². The maximum Gasteiger partial charge on any atom is 0.460 e. The van der Waals surface area contributed by atoms with Crippen molar-refractivity contribution in [2.24, 2.45) is 9.98 Å². The van der Waals surface area contributed by atoms with Crippen LogP contribution in [0.2, 0.25) is 0 Å². The van der Waals surface area contributed by atoms with Crippen molar-refractivity contribution in [3.63, 3.8) is 0 Å². The molecule has 58 heavy (non-hydrogen) atoms. The van der Waals surface area contributed by atoms with E-state index in [0.717, 1.165) is 5.32 Å². The van der Waals surface area contributed by atoms with E-state index in [4.69, 9.17) is 0 Å². The molecule has 0 aliphatic rings. The van der Waals surface area contributed by atoms with Crippen LogP contribution in [0.5, 0.6) is 0 Å². The molecule has 0 atom stereocenters. The highest BCUT2D eigenvalue weighted by atomic mass is 19.4. The van der Waals surface area contributed by atoms with E-state index in [0.29, 0.717) is 19.1 Å². The molecular weight excluding hydrogens is 897 g/mol. The third-order valence-corrected chi connectivity index (χ3v) is 7.15. The number of esters is 1. The number of rotatable bonds is 16. The average Bonchev–Trinajstić information content (AvgIpc) is 3.04. The zero-order chi connectivity index (χ0) is 46.7. The molecule has 0 aliphatic carbocycles. The number of halogens is 25. The molecule has 33 heteroatoms. The number of amides is 1. The predicted molar refractivity (Wildman–Crippen MR) is 130 cm³/mol. The molecule has 0 saturated heterocycles. The Hall–Kier alpha value is -4.83. The highest BCUT2D eigenvalue weighted by Crippen LogP contribution is 2.68. The van der Waals surface area contributed by atoms with Crippen molar-refractivity contribution < 1.29 is 134 Å². The van der Waals surface area contributed by atoms with E-state index in [1.54, 1.807) is 0 Å². The fraction of sp³-hybridized carbons (Fsp3) is 0.600. The number of ether oxygens (including phenoxy) is 1. The number of aryl methyl sites for hydroxylation is 1. The lowest BCUT2D eigenvalue weighted by Crippen LogP contribution is -2.78. The third-order valence-electron chi connectivity index (χ3n) is 7.15. The number of nitrogens with one attached hydrogen (secondary N) is 1. The van der Waals surface area contributed by atoms with Crippen molar-refractivity contribution >= 4 is 35.4 Å². The van der Waals surface area contributed by atoms with Gasteiger partial charge in [0, 0.05) is 12.5 Å². The Morgan fingerprint density at radius 3 is 1.17 bits per heavy atom. The zero-order valence-electron chi connectivity index (χ0n) is 26.7. The average molecular weight is 907 g/mol. The molecule has 0 aliphatic heterocycles. The topological polar surface area (TPSA) is 114 Å². The van der Waals surface area contributed by atoms with E-state index in [1.807, 2.05) is 0 Å². The second-order valence-corrected chi connectivity index (χ2v) is 10.8. The van der Waals surface area contributed by atoms with Gasteiger partial charge in [0.1, 0.15) is 11.4 Å². The molecule has 0 bridgehead atoms. The lowest BCUT2D eigenvalue weighted by molar-refractivity contribution is -0.482. The van der Waals surface area contributed by atoms with Crippen LogP contribution < -0.4 is 5.32 Å². The molecule has 0 radical (unpaired) electrons. The lowest BCUT2D eigenvalue weighted by Gasteiger charge is -2.45. The van der Waals surface area contributed by atoms with Crippen LogP contribution in [0.4, 0.5) is 121 Å². The minimum absolute atomic E-state index is 0.256. The van der Waals surface area contributed by atoms with Gasteiger partial charge in [-0.25, -0.2) is 9.59 Å². The summed E-state index contributed by atoms with van der Waals surface area (Å²) in [5.41, 5.74) is -10.8. The van der Waals surface area contributed by atoms with Crippen LogP contribution in [0.15, 0.2) is 16.1 Å². The maximum absolute atomic E-state index is 15.4. The molecule has 0 unspecified atom stereocenters. The molecule has 8 nitrogen and oxygen atoms in total. The Morgan fingerprint density at radius 2 is 0.862 bits per heavy atom. The summed E-state index contributed by atoms with van der Waals surface area (Å²) >= 11 is 0. The van der Waals surface area contributed by atoms with Crippen molar-refractivity contribution in [3.05, 3.63) is 22.8 Å². The van der Waals surface area contributed by atoms with Crippen LogP contribution in [0.3, 0.4) is 0 Å². The summed E-state index contributed by atoms with van der Waals surface area (Å²) in [5, 5.41) is 1.14. The van der Waals surface area contributed by atoms with Gasteiger partial charge in [-0.2, -0.15) is 120 Å². The highest BCUT2D eigenvalue weighted by molar-refractivity contribution is 6.04. The molecule has 1 aromatic rings. The van der Waals surface area contributed by atoms with E-state index < -0.39 is 124 Å². The molecule has 0 heterocycles. The molecule has 1 aromatic carbocycles. The summed E-state index contributed by atoms with van der Waals surface area (Å²) in [6, 6.07) is -0.802. The minimum Gasteiger partial charge on any atom is -0.445 e. The smallest absolute Gasteiger partial charge is 0.445 e. The van der Waals surface area contributed by atoms with Gasteiger partial charge in [0.05, 0.1) is 5.56 Å². The van der Waals surface area contributed by atoms with E-state index in [2.05, 4.69) is 14.7 Å². The number of nitrogens with zero attached hydrogens (tertiary/aromatic N) is 2. The molecule has 0 spiro atoms. The fourth-order valence-corrected chi connectivity index (χ4v) is 4.02. The largest absolute Gasteiger partial charge is 0.460 e. The summed E-state index contributed by atoms with van der Waals surface area (Å²) < 4.78 is 353. The van der Waals surface area contributed by atoms with Gasteiger partial charge in [0.15, 0.2) is 6.73 Å². The van der Waals surface area contributed by atoms with E-state index in [9.17, 15) is 120 Å². The van der Waals surface area contributed by atoms with Crippen molar-refractivity contribution in [1.82, 2.24) is 5.32 Å². The summed E-state index contributed by atoms with van der Waals surface area (Å²) in [6.45, 7) is -0.817. The van der Waals surface area contributed by atoms with Crippen molar-refractivity contribution in [2.75, 3.05) is 6.73 Å². The zero-order valence-corrected chi connectivity index (χ0v) is 26.7. The molecule has 0 saturated carbocycles. The van der Waals surface area contributed by atoms with Gasteiger partial charge in [0.25, 0.3) is 5.91 Å². The lowest BCUT2D eigenvalue weighted by atomic mass is 9.83. The summed E-state index contributed by atoms with van der Waals surface area (Å²) in [4.78, 5) is 50.3. The van der Waals surface area contributed by atoms with Crippen LogP contribution in [0.25, 0.3) is 0 Å². The Morgan fingerprint density at radius 1 is 0.552 bits per heavy atom. The normalized spacial score (nSPS) is 14.7. The second kappa shape index (κ2) is 14.8. The van der Waals surface area contributed by atoms with Crippen molar-refractivity contribution in [3.8, 4) is 0 Å². The fourth-order valence-electron chi connectivity index (χ4n) is 4.02. The van der Waals surface area contributed by atoms with Crippen molar-refractivity contribution in [2.45, 2.75) is 85.2 Å². The first-order valence-electron chi connectivity index (χ1n) is 13.4. The number of isocyanates is 2. The minimum atomic E-state index is -9.81. The third kappa shape index (κ3) is 6.95. The Balaban J connectivity index is 4.27. The van der Waals surface area contributed by atoms with Crippen molar-refractivity contribution in [1.29, 1.82) is 0 Å². The summed E-state index contributed by atoms with van der Waals surface area (Å²) in [5.74, 6) is -106. The number of alkyl halides is 25. The van der Waals surface area contributed by atoms with Gasteiger partial charge < -0.3 is 10.1 Å². The monoisotopic (exact) mass is 907 g/mol. The molecule has 0 fully saturated rings. The molecule has 330 valence electrons. The van der Waals surface area contributed by atoms with Gasteiger partial charge in [0.2, 0.25) is 12.2 Å². The van der Waals surface area contributed by atoms with E-state index in [1.165, 1.54) is 0 Å². The van der Waals surface area contributed by atoms with E-state index >= 15 is 8.78 Å². The first-order chi connectivity index (χ1) is 25.4. The number of carbonyl (C=O) groups is 2. The predicted octanol–water partition coefficient (Wildman–Crippen LogP) is 9.19. The highest BCUT2D eigenvalue weighted by Gasteiger charge is 2.99. The number of carbonyl (C=O) groups excluding carboxylic acids is 4. The standard InChI is InChI=1S/C25H10F25N3O5/c1-7-3-9(10(13(57)53-6-58-8(2)56)12(52-5-55)11(7)51-4-54)14(26,27)15(28,29)16(30,31)17(32,33)18(34,35)19(36,37)20(38,39)21(40,41)22(42,43)23(44,45)24(46,47)25(48,49)50/h3H,6H2,1-2H3,(H,53,57). The second-order valence-electron chi connectivity index (χ2n) is 10.8. The van der Waals surface area contributed by atoms with Crippen LogP contribution in [0.1, 0.15) is 28.4 Å². The SMILES string of the molecule is CC(=O)OCNC(=O)c1c(C(F)(F)C(F)(F)C(F)(F)C(F)(F)C(F)(F)C(F)(F)C(F)(F)C(F)(F)C(F)(F)C(F)(F)C(F)(F)C(F)(F)F)cc(C)c(N=C=O)c1N=C=O. The summed E-state index contributed by atoms with van der Waals surface area (Å²) in [6.07, 6.45) is -7.36. The number of hydrogen-bond donors (Lipinski definition) is 1. The van der Waals surface area contributed by atoms with Gasteiger partial charge in [-0.15, -0.1) is 0 Å². The number of aliphatic imine (C=N–C) groups is 2. The van der Waals surface area contributed by atoms with Gasteiger partial charge in [-0.3, -0.25) is 9.59 Å². The van der Waals surface area contributed by atoms with Gasteiger partial charge in [-0.1, -0.05) is 0 Å². The maximum atomic E-state index is 15.4. The first kappa shape index (κ1) is 51.2. The molecule has 1 rings (SSSR count). The number of hydrogen-bond acceptors (Lipinski definition) is 7. The van der Waals surface area contributed by atoms with Gasteiger partial charge >= 0.3 is 77.3 Å². The summed E-state index contributed by atoms with van der Waals surface area (Å²) in [7, 11) is 0. The first-order valence-corrected chi connectivity index (χ1v) is 13.4. The molecular formula is C25H10F25N3O5. The molecule has 1 amide bonds. The molecule has 0 aromatic heterocycles. The van der Waals surface area contributed by atoms with Crippen LogP contribution in [-0.4, -0.2) is 96.2 Å². The Bertz CT molecular complexity index is 1880. The van der Waals surface area contributed by atoms with Crippen LogP contribution in [0, 0.1) is 6.92 Å². The van der Waals surface area contributed by atoms with E-state index in [-0.39, 0.29) is 6.92 Å². The molecule has 1 N–H and O–H groups in total. The Kier molecular flexibility index (Phi) is 13.0. The van der Waals surface area contributed by atoms with Crippen LogP contribution in [-0.2, 0) is 25.0 Å². The van der Waals surface area contributed by atoms with Crippen LogP contribution >= 0.6 is 0 Å². The van der Waals surface area contributed by atoms with Gasteiger partial charge in [-0.05, 0) is 18.6 Å². The number of benzene rings is 1.